The van der Waals surface area contributed by atoms with Gasteiger partial charge >= 0.3 is 0 Å². The number of hydrogen-bond donors (Lipinski definition) is 2. The number of nitrogens with zero attached hydrogens (tertiary/aromatic N) is 2. The highest BCUT2D eigenvalue weighted by Gasteiger charge is 2.24. The van der Waals surface area contributed by atoms with Crippen molar-refractivity contribution in [3.63, 3.8) is 0 Å². The molecule has 0 radical (unpaired) electrons. The molecular weight excluding hydrogens is 358 g/mol. The Kier molecular flexibility index (Phi) is 7.80. The van der Waals surface area contributed by atoms with Crippen LogP contribution in [-0.2, 0) is 16.0 Å². The van der Waals surface area contributed by atoms with Crippen LogP contribution in [0.3, 0.4) is 0 Å². The van der Waals surface area contributed by atoms with Crippen molar-refractivity contribution >= 4 is 5.96 Å². The number of ether oxygens (including phenoxy) is 3. The van der Waals surface area contributed by atoms with Crippen LogP contribution in [0.25, 0.3) is 0 Å². The third-order valence-electron chi connectivity index (χ3n) is 5.32. The number of phenols is 1. The van der Waals surface area contributed by atoms with Gasteiger partial charge in [-0.2, -0.15) is 0 Å². The lowest BCUT2D eigenvalue weighted by Gasteiger charge is -2.34. The molecule has 1 aromatic carbocycles. The second kappa shape index (κ2) is 10.5. The minimum Gasteiger partial charge on any atom is -0.504 e. The zero-order valence-electron chi connectivity index (χ0n) is 17.0. The number of benzene rings is 1. The molecule has 0 saturated carbocycles. The Hall–Kier alpha value is -1.99. The molecule has 28 heavy (non-hydrogen) atoms. The van der Waals surface area contributed by atoms with Gasteiger partial charge in [-0.3, -0.25) is 0 Å². The maximum Gasteiger partial charge on any atom is 0.194 e. The lowest BCUT2D eigenvalue weighted by Crippen LogP contribution is -2.47. The molecule has 2 N–H and O–H groups in total. The van der Waals surface area contributed by atoms with Crippen molar-refractivity contribution in [2.45, 2.75) is 51.4 Å². The predicted octanol–water partition coefficient (Wildman–Crippen LogP) is 2.53. The van der Waals surface area contributed by atoms with Crippen LogP contribution in [0.1, 0.15) is 38.2 Å². The number of likely N-dealkylation sites (tertiary alicyclic amines) is 1. The molecule has 1 unspecified atom stereocenters. The highest BCUT2D eigenvalue weighted by Crippen LogP contribution is 2.29. The van der Waals surface area contributed by atoms with Crippen molar-refractivity contribution in [2.75, 3.05) is 40.0 Å². The van der Waals surface area contributed by atoms with Crippen molar-refractivity contribution in [3.05, 3.63) is 23.8 Å². The Bertz CT molecular complexity index is 639. The molecule has 2 saturated heterocycles. The van der Waals surface area contributed by atoms with E-state index in [1.807, 2.05) is 12.1 Å². The second-order valence-corrected chi connectivity index (χ2v) is 7.29. The van der Waals surface area contributed by atoms with E-state index in [0.29, 0.717) is 25.0 Å². The van der Waals surface area contributed by atoms with Crippen LogP contribution in [0.2, 0.25) is 0 Å². The van der Waals surface area contributed by atoms with Crippen molar-refractivity contribution in [2.24, 2.45) is 4.99 Å². The van der Waals surface area contributed by atoms with Gasteiger partial charge in [0, 0.05) is 31.8 Å². The summed E-state index contributed by atoms with van der Waals surface area (Å²) in [5, 5.41) is 13.6. The number of para-hydroxylation sites is 1. The molecule has 3 rings (SSSR count). The van der Waals surface area contributed by atoms with E-state index in [2.05, 4.69) is 17.1 Å². The summed E-state index contributed by atoms with van der Waals surface area (Å²) < 4.78 is 16.9. The zero-order chi connectivity index (χ0) is 19.8. The molecule has 7 nitrogen and oxygen atoms in total. The van der Waals surface area contributed by atoms with Gasteiger partial charge in [-0.05, 0) is 38.7 Å². The summed E-state index contributed by atoms with van der Waals surface area (Å²) in [5.74, 6) is 1.51. The van der Waals surface area contributed by atoms with Crippen molar-refractivity contribution in [1.29, 1.82) is 0 Å². The molecule has 1 atom stereocenters. The number of nitrogens with one attached hydrogen (secondary N) is 1. The molecule has 2 aliphatic rings. The van der Waals surface area contributed by atoms with Crippen LogP contribution < -0.4 is 10.1 Å². The average molecular weight is 392 g/mol. The molecule has 7 heteroatoms. The highest BCUT2D eigenvalue weighted by molar-refractivity contribution is 5.80. The van der Waals surface area contributed by atoms with Crippen molar-refractivity contribution in [1.82, 2.24) is 10.2 Å². The smallest absolute Gasteiger partial charge is 0.194 e. The molecule has 0 amide bonds. The fourth-order valence-electron chi connectivity index (χ4n) is 3.70. The number of methoxy groups -OCH3 is 1. The first-order valence-corrected chi connectivity index (χ1v) is 10.3. The van der Waals surface area contributed by atoms with Crippen molar-refractivity contribution < 1.29 is 19.3 Å². The third kappa shape index (κ3) is 5.52. The standard InChI is InChI=1S/C21H33N3O4/c1-3-22-21(23-14-16-6-4-8-19(26-2)20(16)25)24-11-9-17(10-12-24)28-15-18-7-5-13-27-18/h4,6,8,17-18,25H,3,5,7,9-15H2,1-2H3,(H,22,23). The average Bonchev–Trinajstić information content (AvgIpc) is 3.25. The Morgan fingerprint density at radius 2 is 2.14 bits per heavy atom. The minimum atomic E-state index is 0.158. The monoisotopic (exact) mass is 391 g/mol. The zero-order valence-corrected chi connectivity index (χ0v) is 17.0. The Balaban J connectivity index is 1.53. The molecule has 156 valence electrons. The first kappa shape index (κ1) is 20.7. The molecule has 0 aliphatic carbocycles. The number of guanidine groups is 1. The Morgan fingerprint density at radius 1 is 1.32 bits per heavy atom. The summed E-state index contributed by atoms with van der Waals surface area (Å²) in [5.41, 5.74) is 0.754. The minimum absolute atomic E-state index is 0.158. The van der Waals surface area contributed by atoms with Crippen LogP contribution in [0.4, 0.5) is 0 Å². The van der Waals surface area contributed by atoms with Gasteiger partial charge in [0.1, 0.15) is 0 Å². The lowest BCUT2D eigenvalue weighted by molar-refractivity contribution is -0.0367. The SMILES string of the molecule is CCNC(=NCc1cccc(OC)c1O)N1CCC(OCC2CCCO2)CC1. The molecule has 0 aromatic heterocycles. The van der Waals surface area contributed by atoms with Crippen LogP contribution in [0.5, 0.6) is 11.5 Å². The molecule has 0 spiro atoms. The largest absolute Gasteiger partial charge is 0.504 e. The topological polar surface area (TPSA) is 75.6 Å². The maximum atomic E-state index is 10.3. The lowest BCUT2D eigenvalue weighted by atomic mass is 10.1. The van der Waals surface area contributed by atoms with E-state index >= 15 is 0 Å². The Morgan fingerprint density at radius 3 is 2.82 bits per heavy atom. The van der Waals surface area contributed by atoms with E-state index in [1.54, 1.807) is 13.2 Å². The molecule has 2 aliphatic heterocycles. The van der Waals surface area contributed by atoms with Gasteiger partial charge in [0.25, 0.3) is 0 Å². The summed E-state index contributed by atoms with van der Waals surface area (Å²) in [4.78, 5) is 7.00. The van der Waals surface area contributed by atoms with Crippen LogP contribution in [0.15, 0.2) is 23.2 Å². The molecule has 0 bridgehead atoms. The van der Waals surface area contributed by atoms with E-state index < -0.39 is 0 Å². The van der Waals surface area contributed by atoms with Crippen molar-refractivity contribution in [3.8, 4) is 11.5 Å². The quantitative estimate of drug-likeness (QED) is 0.550. The van der Waals surface area contributed by atoms with Gasteiger partial charge in [0.15, 0.2) is 17.5 Å². The van der Waals surface area contributed by atoms with E-state index in [1.165, 1.54) is 0 Å². The number of piperidine rings is 1. The van der Waals surface area contributed by atoms with E-state index in [4.69, 9.17) is 19.2 Å². The number of phenolic OH excluding ortho intramolecular Hbond substituents is 1. The number of aromatic hydroxyl groups is 1. The fraction of sp³-hybridized carbons (Fsp3) is 0.667. The van der Waals surface area contributed by atoms with Gasteiger partial charge in [-0.1, -0.05) is 12.1 Å². The summed E-state index contributed by atoms with van der Waals surface area (Å²) in [6, 6.07) is 5.48. The van der Waals surface area contributed by atoms with Crippen LogP contribution in [-0.4, -0.2) is 68.1 Å². The number of aliphatic imine (C=N–C) groups is 1. The van der Waals surface area contributed by atoms with E-state index in [0.717, 1.165) is 63.4 Å². The first-order chi connectivity index (χ1) is 13.7. The molecule has 2 heterocycles. The molecular formula is C21H33N3O4. The molecule has 1 aromatic rings. The van der Waals surface area contributed by atoms with Gasteiger partial charge in [-0.25, -0.2) is 4.99 Å². The second-order valence-electron chi connectivity index (χ2n) is 7.29. The summed E-state index contributed by atoms with van der Waals surface area (Å²) in [7, 11) is 1.55. The van der Waals surface area contributed by atoms with Gasteiger partial charge < -0.3 is 29.5 Å². The fourth-order valence-corrected chi connectivity index (χ4v) is 3.70. The highest BCUT2D eigenvalue weighted by atomic mass is 16.5. The first-order valence-electron chi connectivity index (χ1n) is 10.3. The predicted molar refractivity (Wildman–Crippen MR) is 109 cm³/mol. The van der Waals surface area contributed by atoms with Crippen LogP contribution >= 0.6 is 0 Å². The summed E-state index contributed by atoms with van der Waals surface area (Å²) in [6.07, 6.45) is 4.83. The third-order valence-corrected chi connectivity index (χ3v) is 5.32. The number of rotatable bonds is 7. The van der Waals surface area contributed by atoms with E-state index in [9.17, 15) is 5.11 Å². The van der Waals surface area contributed by atoms with Gasteiger partial charge in [0.05, 0.1) is 32.5 Å². The normalized spacial score (nSPS) is 21.1. The van der Waals surface area contributed by atoms with Crippen LogP contribution in [0, 0.1) is 0 Å². The summed E-state index contributed by atoms with van der Waals surface area (Å²) in [6.45, 7) is 6.68. The summed E-state index contributed by atoms with van der Waals surface area (Å²) >= 11 is 0. The van der Waals surface area contributed by atoms with Gasteiger partial charge in [-0.15, -0.1) is 0 Å². The number of hydrogen-bond acceptors (Lipinski definition) is 5. The maximum absolute atomic E-state index is 10.3. The van der Waals surface area contributed by atoms with E-state index in [-0.39, 0.29) is 11.9 Å². The Labute approximate surface area is 167 Å². The van der Waals surface area contributed by atoms with Gasteiger partial charge in [0.2, 0.25) is 0 Å². The molecule has 2 fully saturated rings.